The van der Waals surface area contributed by atoms with E-state index in [1.165, 1.54) is 26.2 Å². The Labute approximate surface area is 101 Å². The molecule has 0 aromatic carbocycles. The van der Waals surface area contributed by atoms with Crippen molar-refractivity contribution in [2.75, 3.05) is 33.2 Å². The summed E-state index contributed by atoms with van der Waals surface area (Å²) in [5.41, 5.74) is 0. The van der Waals surface area contributed by atoms with Crippen molar-refractivity contribution in [3.63, 3.8) is 0 Å². The molecule has 1 heterocycles. The highest BCUT2D eigenvalue weighted by Crippen LogP contribution is 2.16. The van der Waals surface area contributed by atoms with Crippen LogP contribution in [0.25, 0.3) is 0 Å². The van der Waals surface area contributed by atoms with Gasteiger partial charge < -0.3 is 9.69 Å². The largest absolute Gasteiger partial charge is 0.395 e. The Morgan fingerprint density at radius 2 is 1.65 bits per heavy atom. The van der Waals surface area contributed by atoms with Crippen molar-refractivity contribution >= 4 is 6.29 Å². The second-order valence-electron chi connectivity index (χ2n) is 4.42. The molecule has 3 nitrogen and oxygen atoms in total. The maximum absolute atomic E-state index is 10.8. The normalized spacial score (nSPS) is 18.8. The van der Waals surface area contributed by atoms with Gasteiger partial charge in [0.1, 0.15) is 6.29 Å². The van der Waals surface area contributed by atoms with Gasteiger partial charge in [-0.05, 0) is 20.9 Å². The molecule has 0 spiro atoms. The molecule has 6 heteroatoms. The van der Waals surface area contributed by atoms with Gasteiger partial charge in [0.05, 0.1) is 6.42 Å². The summed E-state index contributed by atoms with van der Waals surface area (Å²) < 4.78 is 32.5. The number of rotatable bonds is 2. The molecule has 0 aromatic rings. The highest BCUT2D eigenvalue weighted by atomic mass is 19.4. The van der Waals surface area contributed by atoms with Crippen molar-refractivity contribution in [3.05, 3.63) is 0 Å². The predicted octanol–water partition coefficient (Wildman–Crippen LogP) is 1.78. The summed E-state index contributed by atoms with van der Waals surface area (Å²) in [4.78, 5) is 14.0. The molecule has 1 aliphatic heterocycles. The van der Waals surface area contributed by atoms with Gasteiger partial charge in [-0.3, -0.25) is 4.90 Å². The Morgan fingerprint density at radius 3 is 1.88 bits per heavy atom. The average Bonchev–Trinajstić information content (AvgIpc) is 2.17. The van der Waals surface area contributed by atoms with Crippen LogP contribution in [0.3, 0.4) is 0 Å². The van der Waals surface area contributed by atoms with Gasteiger partial charge in [0.15, 0.2) is 0 Å². The van der Waals surface area contributed by atoms with E-state index in [1.54, 1.807) is 0 Å². The summed E-state index contributed by atoms with van der Waals surface area (Å²) in [5.74, 6) is 0. The number of piperazine rings is 1. The minimum Gasteiger partial charge on any atom is -0.304 e. The monoisotopic (exact) mass is 254 g/mol. The van der Waals surface area contributed by atoms with Crippen LogP contribution >= 0.6 is 0 Å². The first-order valence-electron chi connectivity index (χ1n) is 5.69. The summed E-state index contributed by atoms with van der Waals surface area (Å²) in [5, 5.41) is 0. The molecule has 1 rings (SSSR count). The second-order valence-corrected chi connectivity index (χ2v) is 4.42. The topological polar surface area (TPSA) is 23.6 Å². The van der Waals surface area contributed by atoms with E-state index in [2.05, 4.69) is 30.7 Å². The van der Waals surface area contributed by atoms with Crippen LogP contribution in [0.2, 0.25) is 0 Å². The fourth-order valence-electron chi connectivity index (χ4n) is 1.43. The van der Waals surface area contributed by atoms with Gasteiger partial charge in [0.2, 0.25) is 0 Å². The number of nitrogens with zero attached hydrogens (tertiary/aromatic N) is 2. The molecule has 0 bridgehead atoms. The van der Waals surface area contributed by atoms with E-state index in [1.807, 2.05) is 0 Å². The van der Waals surface area contributed by atoms with Crippen LogP contribution in [-0.4, -0.2) is 61.5 Å². The van der Waals surface area contributed by atoms with Crippen molar-refractivity contribution in [2.24, 2.45) is 0 Å². The maximum Gasteiger partial charge on any atom is 0.395 e. The van der Waals surface area contributed by atoms with Crippen LogP contribution in [0.1, 0.15) is 20.3 Å². The molecule has 0 saturated carbocycles. The molecule has 102 valence electrons. The molecule has 1 saturated heterocycles. The molecule has 0 aromatic heterocycles. The van der Waals surface area contributed by atoms with E-state index < -0.39 is 12.6 Å². The van der Waals surface area contributed by atoms with Gasteiger partial charge in [-0.2, -0.15) is 13.2 Å². The first kappa shape index (κ1) is 16.4. The van der Waals surface area contributed by atoms with E-state index in [0.29, 0.717) is 0 Å². The van der Waals surface area contributed by atoms with Gasteiger partial charge in [-0.1, -0.05) is 0 Å². The Morgan fingerprint density at radius 1 is 1.18 bits per heavy atom. The summed E-state index contributed by atoms with van der Waals surface area (Å²) >= 11 is 0. The molecular formula is C11H21F3N2O. The Bertz CT molecular complexity index is 211. The lowest BCUT2D eigenvalue weighted by Gasteiger charge is -2.34. The van der Waals surface area contributed by atoms with E-state index in [-0.39, 0.29) is 6.29 Å². The quantitative estimate of drug-likeness (QED) is 0.702. The molecule has 0 radical (unpaired) electrons. The second kappa shape index (κ2) is 7.66. The third-order valence-electron chi connectivity index (χ3n) is 2.58. The lowest BCUT2D eigenvalue weighted by Crippen LogP contribution is -2.47. The summed E-state index contributed by atoms with van der Waals surface area (Å²) in [6.07, 6.45) is -5.82. The van der Waals surface area contributed by atoms with Gasteiger partial charge in [-0.15, -0.1) is 0 Å². The minimum atomic E-state index is -4.32. The van der Waals surface area contributed by atoms with Crippen LogP contribution in [-0.2, 0) is 4.79 Å². The molecule has 17 heavy (non-hydrogen) atoms. The number of carbonyl (C=O) groups excluding carboxylic acids is 1. The van der Waals surface area contributed by atoms with Crippen LogP contribution in [0.5, 0.6) is 0 Å². The fourth-order valence-corrected chi connectivity index (χ4v) is 1.43. The van der Waals surface area contributed by atoms with Gasteiger partial charge in [0.25, 0.3) is 0 Å². The Kier molecular flexibility index (Phi) is 7.38. The molecule has 1 fully saturated rings. The first-order chi connectivity index (χ1) is 7.76. The first-order valence-corrected chi connectivity index (χ1v) is 5.69. The zero-order chi connectivity index (χ0) is 13.5. The van der Waals surface area contributed by atoms with Gasteiger partial charge in [-0.25, -0.2) is 0 Å². The average molecular weight is 254 g/mol. The number of carbonyl (C=O) groups is 1. The Balaban J connectivity index is 0.000000325. The summed E-state index contributed by atoms with van der Waals surface area (Å²) in [7, 11) is 2.19. The van der Waals surface area contributed by atoms with Crippen LogP contribution < -0.4 is 0 Å². The number of hydrogen-bond acceptors (Lipinski definition) is 3. The van der Waals surface area contributed by atoms with Gasteiger partial charge >= 0.3 is 6.18 Å². The van der Waals surface area contributed by atoms with E-state index >= 15 is 0 Å². The summed E-state index contributed by atoms with van der Waals surface area (Å²) in [6.45, 7) is 9.50. The van der Waals surface area contributed by atoms with Crippen molar-refractivity contribution in [2.45, 2.75) is 32.5 Å². The smallest absolute Gasteiger partial charge is 0.304 e. The molecule has 1 aliphatic rings. The van der Waals surface area contributed by atoms with Crippen molar-refractivity contribution < 1.29 is 18.0 Å². The zero-order valence-electron chi connectivity index (χ0n) is 10.6. The standard InChI is InChI=1S/C8H18N2.C3H3F3O/c1-8(2)10-6-4-9(3)5-7-10;4-3(5,6)1-2-7/h8H,4-7H2,1-3H3;2H,1H2. The SMILES string of the molecule is CC(C)N1CCN(C)CC1.O=CCC(F)(F)F. The van der Waals surface area contributed by atoms with Crippen LogP contribution in [0, 0.1) is 0 Å². The van der Waals surface area contributed by atoms with Crippen LogP contribution in [0.15, 0.2) is 0 Å². The number of halogens is 3. The third kappa shape index (κ3) is 9.12. The van der Waals surface area contributed by atoms with Crippen molar-refractivity contribution in [3.8, 4) is 0 Å². The fraction of sp³-hybridized carbons (Fsp3) is 0.909. The molecule has 0 N–H and O–H groups in total. The lowest BCUT2D eigenvalue weighted by atomic mass is 10.2. The molecule has 0 amide bonds. The highest BCUT2D eigenvalue weighted by Gasteiger charge is 2.25. The molecule has 0 aliphatic carbocycles. The highest BCUT2D eigenvalue weighted by molar-refractivity contribution is 5.50. The molecule has 0 unspecified atom stereocenters. The number of alkyl halides is 3. The van der Waals surface area contributed by atoms with E-state index in [4.69, 9.17) is 4.79 Å². The molecule has 0 atom stereocenters. The van der Waals surface area contributed by atoms with E-state index in [9.17, 15) is 13.2 Å². The van der Waals surface area contributed by atoms with Crippen molar-refractivity contribution in [1.29, 1.82) is 0 Å². The Hall–Kier alpha value is -0.620. The number of aldehydes is 1. The predicted molar refractivity (Wildman–Crippen MR) is 60.9 cm³/mol. The maximum atomic E-state index is 10.8. The lowest BCUT2D eigenvalue weighted by molar-refractivity contribution is -0.144. The number of likely N-dealkylation sites (N-methyl/N-ethyl adjacent to an activating group) is 1. The minimum absolute atomic E-state index is 0.167. The molecular weight excluding hydrogens is 233 g/mol. The zero-order valence-corrected chi connectivity index (χ0v) is 10.6. The van der Waals surface area contributed by atoms with Crippen molar-refractivity contribution in [1.82, 2.24) is 9.80 Å². The number of hydrogen-bond donors (Lipinski definition) is 0. The van der Waals surface area contributed by atoms with Crippen LogP contribution in [0.4, 0.5) is 13.2 Å². The van der Waals surface area contributed by atoms with Gasteiger partial charge in [0, 0.05) is 32.2 Å². The third-order valence-corrected chi connectivity index (χ3v) is 2.58. The summed E-state index contributed by atoms with van der Waals surface area (Å²) in [6, 6.07) is 0.730. The van der Waals surface area contributed by atoms with E-state index in [0.717, 1.165) is 6.04 Å².